The zero-order chi connectivity index (χ0) is 18.4. The van der Waals surface area contributed by atoms with Gasteiger partial charge in [-0.2, -0.15) is 11.8 Å². The second kappa shape index (κ2) is 8.71. The fourth-order valence-corrected chi connectivity index (χ4v) is 3.34. The van der Waals surface area contributed by atoms with Gasteiger partial charge in [-0.25, -0.2) is 0 Å². The Morgan fingerprint density at radius 1 is 1.23 bits per heavy atom. The van der Waals surface area contributed by atoms with E-state index in [1.807, 2.05) is 53.1 Å². The van der Waals surface area contributed by atoms with Gasteiger partial charge in [0.25, 0.3) is 0 Å². The van der Waals surface area contributed by atoms with Crippen LogP contribution < -0.4 is 10.1 Å². The molecule has 2 heterocycles. The second-order valence-electron chi connectivity index (χ2n) is 5.88. The molecule has 1 atom stereocenters. The Balaban J connectivity index is 1.79. The predicted octanol–water partition coefficient (Wildman–Crippen LogP) is 2.89. The first-order chi connectivity index (χ1) is 12.7. The van der Waals surface area contributed by atoms with E-state index in [1.165, 1.54) is 0 Å². The van der Waals surface area contributed by atoms with Crippen molar-refractivity contribution in [2.24, 2.45) is 0 Å². The molecule has 3 aromatic rings. The van der Waals surface area contributed by atoms with Crippen LogP contribution in [0.15, 0.2) is 48.7 Å². The van der Waals surface area contributed by atoms with E-state index >= 15 is 0 Å². The largest absolute Gasteiger partial charge is 0.496 e. The first kappa shape index (κ1) is 18.3. The molecule has 0 saturated carbocycles. The Hall–Kier alpha value is -2.54. The number of nitrogens with one attached hydrogen (secondary N) is 1. The van der Waals surface area contributed by atoms with Crippen molar-refractivity contribution in [3.8, 4) is 5.75 Å². The van der Waals surface area contributed by atoms with Crippen molar-refractivity contribution in [1.29, 1.82) is 0 Å². The molecule has 0 saturated heterocycles. The summed E-state index contributed by atoms with van der Waals surface area (Å²) < 4.78 is 7.26. The lowest BCUT2D eigenvalue weighted by Gasteiger charge is -2.17. The third-order valence-electron chi connectivity index (χ3n) is 4.14. The van der Waals surface area contributed by atoms with Gasteiger partial charge in [-0.3, -0.25) is 9.20 Å². The van der Waals surface area contributed by atoms with Crippen molar-refractivity contribution in [3.63, 3.8) is 0 Å². The lowest BCUT2D eigenvalue weighted by molar-refractivity contribution is -0.121. The van der Waals surface area contributed by atoms with Gasteiger partial charge in [0.1, 0.15) is 5.75 Å². The maximum Gasteiger partial charge on any atom is 0.225 e. The summed E-state index contributed by atoms with van der Waals surface area (Å²) in [4.78, 5) is 12.7. The van der Waals surface area contributed by atoms with E-state index < -0.39 is 0 Å². The third kappa shape index (κ3) is 4.16. The minimum atomic E-state index is -0.193. The molecule has 1 amide bonds. The first-order valence-electron chi connectivity index (χ1n) is 8.42. The van der Waals surface area contributed by atoms with E-state index in [0.29, 0.717) is 0 Å². The van der Waals surface area contributed by atoms with Gasteiger partial charge < -0.3 is 10.1 Å². The van der Waals surface area contributed by atoms with Gasteiger partial charge in [-0.15, -0.1) is 10.2 Å². The number of benzene rings is 1. The number of hydrogen-bond donors (Lipinski definition) is 1. The number of pyridine rings is 1. The molecule has 6 nitrogen and oxygen atoms in total. The topological polar surface area (TPSA) is 68.5 Å². The average Bonchev–Trinajstić information content (AvgIpc) is 3.09. The molecule has 0 radical (unpaired) electrons. The van der Waals surface area contributed by atoms with Gasteiger partial charge in [0, 0.05) is 11.8 Å². The summed E-state index contributed by atoms with van der Waals surface area (Å²) in [7, 11) is 1.61. The highest BCUT2D eigenvalue weighted by molar-refractivity contribution is 7.98. The van der Waals surface area contributed by atoms with Crippen LogP contribution in [0.25, 0.3) is 5.65 Å². The maximum atomic E-state index is 12.7. The van der Waals surface area contributed by atoms with E-state index in [9.17, 15) is 4.79 Å². The molecule has 26 heavy (non-hydrogen) atoms. The molecule has 0 aliphatic carbocycles. The number of carbonyl (C=O) groups is 1. The molecular formula is C19H22N4O2S. The maximum absolute atomic E-state index is 12.7. The van der Waals surface area contributed by atoms with Crippen LogP contribution in [-0.4, -0.2) is 39.6 Å². The zero-order valence-corrected chi connectivity index (χ0v) is 15.7. The van der Waals surface area contributed by atoms with Crippen LogP contribution in [0.5, 0.6) is 5.75 Å². The van der Waals surface area contributed by atoms with E-state index in [2.05, 4.69) is 21.8 Å². The fourth-order valence-electron chi connectivity index (χ4n) is 2.87. The smallest absolute Gasteiger partial charge is 0.225 e. The molecule has 0 spiro atoms. The van der Waals surface area contributed by atoms with Crippen LogP contribution in [0.4, 0.5) is 0 Å². The van der Waals surface area contributed by atoms with Crippen molar-refractivity contribution in [2.45, 2.75) is 18.9 Å². The van der Waals surface area contributed by atoms with E-state index in [4.69, 9.17) is 4.74 Å². The van der Waals surface area contributed by atoms with E-state index in [-0.39, 0.29) is 18.4 Å². The van der Waals surface area contributed by atoms with E-state index in [0.717, 1.165) is 35.0 Å². The monoisotopic (exact) mass is 370 g/mol. The van der Waals surface area contributed by atoms with Gasteiger partial charge in [-0.1, -0.05) is 24.3 Å². The number of aromatic nitrogens is 3. The number of methoxy groups -OCH3 is 1. The summed E-state index contributed by atoms with van der Waals surface area (Å²) in [6, 6.07) is 13.1. The van der Waals surface area contributed by atoms with Crippen LogP contribution in [0.3, 0.4) is 0 Å². The van der Waals surface area contributed by atoms with Crippen molar-refractivity contribution >= 4 is 23.3 Å². The summed E-state index contributed by atoms with van der Waals surface area (Å²) in [5, 5.41) is 11.6. The second-order valence-corrected chi connectivity index (χ2v) is 6.86. The number of fused-ring (bicyclic) bond motifs is 1. The molecule has 0 unspecified atom stereocenters. The minimum Gasteiger partial charge on any atom is -0.496 e. The van der Waals surface area contributed by atoms with Crippen LogP contribution >= 0.6 is 11.8 Å². The number of thioether (sulfide) groups is 1. The van der Waals surface area contributed by atoms with Crippen LogP contribution in [-0.2, 0) is 11.2 Å². The van der Waals surface area contributed by atoms with Crippen LogP contribution in [0.2, 0.25) is 0 Å². The predicted molar refractivity (Wildman–Crippen MR) is 104 cm³/mol. The molecule has 2 aromatic heterocycles. The van der Waals surface area contributed by atoms with Crippen LogP contribution in [0.1, 0.15) is 23.9 Å². The number of amides is 1. The van der Waals surface area contributed by atoms with Gasteiger partial charge >= 0.3 is 0 Å². The Morgan fingerprint density at radius 3 is 2.85 bits per heavy atom. The summed E-state index contributed by atoms with van der Waals surface area (Å²) in [6.07, 6.45) is 5.02. The Bertz CT molecular complexity index is 881. The summed E-state index contributed by atoms with van der Waals surface area (Å²) in [6.45, 7) is 0. The average molecular weight is 370 g/mol. The Labute approximate surface area is 157 Å². The summed E-state index contributed by atoms with van der Waals surface area (Å²) >= 11 is 1.74. The molecule has 136 valence electrons. The lowest BCUT2D eigenvalue weighted by atomic mass is 10.1. The zero-order valence-electron chi connectivity index (χ0n) is 14.9. The number of hydrogen-bond acceptors (Lipinski definition) is 5. The molecule has 3 rings (SSSR count). The standard InChI is InChI=1S/C19H22N4O2S/c1-25-16-8-4-3-7-14(16)13-18(24)20-15(10-12-26-2)19-22-21-17-9-5-6-11-23(17)19/h3-9,11,15H,10,12-13H2,1-2H3,(H,20,24)/t15-/m0/s1. The summed E-state index contributed by atoms with van der Waals surface area (Å²) in [5.74, 6) is 2.33. The number of nitrogens with zero attached hydrogens (tertiary/aromatic N) is 3. The number of rotatable bonds is 8. The van der Waals surface area contributed by atoms with Gasteiger partial charge in [-0.05, 0) is 36.6 Å². The minimum absolute atomic E-state index is 0.0618. The lowest BCUT2D eigenvalue weighted by Crippen LogP contribution is -2.31. The molecule has 1 N–H and O–H groups in total. The quantitative estimate of drug-likeness (QED) is 0.660. The number of ether oxygens (including phenoxy) is 1. The Morgan fingerprint density at radius 2 is 2.04 bits per heavy atom. The molecule has 7 heteroatoms. The number of carbonyl (C=O) groups excluding carboxylic acids is 1. The Kier molecular flexibility index (Phi) is 6.12. The van der Waals surface area contributed by atoms with Crippen molar-refractivity contribution < 1.29 is 9.53 Å². The normalized spacial score (nSPS) is 12.1. The van der Waals surface area contributed by atoms with Crippen LogP contribution in [0, 0.1) is 0 Å². The highest BCUT2D eigenvalue weighted by atomic mass is 32.2. The van der Waals surface area contributed by atoms with Gasteiger partial charge in [0.05, 0.1) is 19.6 Å². The third-order valence-corrected chi connectivity index (χ3v) is 4.79. The molecule has 0 bridgehead atoms. The number of para-hydroxylation sites is 1. The SMILES string of the molecule is COc1ccccc1CC(=O)N[C@@H](CCSC)c1nnc2ccccn12. The van der Waals surface area contributed by atoms with Crippen molar-refractivity contribution in [3.05, 3.63) is 60.0 Å². The van der Waals surface area contributed by atoms with E-state index in [1.54, 1.807) is 18.9 Å². The van der Waals surface area contributed by atoms with Crippen molar-refractivity contribution in [2.75, 3.05) is 19.1 Å². The summed E-state index contributed by atoms with van der Waals surface area (Å²) in [5.41, 5.74) is 1.64. The first-order valence-corrected chi connectivity index (χ1v) is 9.82. The molecule has 1 aromatic carbocycles. The highest BCUT2D eigenvalue weighted by Crippen LogP contribution is 2.21. The molecular weight excluding hydrogens is 348 g/mol. The fraction of sp³-hybridized carbons (Fsp3) is 0.316. The molecule has 0 aliphatic rings. The molecule has 0 fully saturated rings. The van der Waals surface area contributed by atoms with Gasteiger partial charge in [0.15, 0.2) is 11.5 Å². The molecule has 0 aliphatic heterocycles. The van der Waals surface area contributed by atoms with Gasteiger partial charge in [0.2, 0.25) is 5.91 Å². The van der Waals surface area contributed by atoms with Crippen molar-refractivity contribution in [1.82, 2.24) is 19.9 Å². The highest BCUT2D eigenvalue weighted by Gasteiger charge is 2.20.